The smallest absolute Gasteiger partial charge is 0.341 e. The molecule has 2 amide bonds. The fourth-order valence-electron chi connectivity index (χ4n) is 3.93. The predicted octanol–water partition coefficient (Wildman–Crippen LogP) is 4.00. The van der Waals surface area contributed by atoms with Gasteiger partial charge in [-0.15, -0.1) is 11.3 Å². The standard InChI is InChI=1S/C26H24N2O6S/c1-33-26(32)23-18-11-7-13-20(18)35-24(23)28-22(30)15-34-25(31)17-10-5-6-12-19(17)27-21(29)14-16-8-3-2-4-9-16/h2-6,8-10,12H,7,11,13-15H2,1H3,(H,27,29)(H,28,30). The average Bonchev–Trinajstić information content (AvgIpc) is 3.44. The molecule has 3 aromatic rings. The molecule has 2 N–H and O–H groups in total. The maximum Gasteiger partial charge on any atom is 0.341 e. The van der Waals surface area contributed by atoms with Crippen molar-refractivity contribution in [2.75, 3.05) is 24.4 Å². The van der Waals surface area contributed by atoms with Gasteiger partial charge >= 0.3 is 11.9 Å². The highest BCUT2D eigenvalue weighted by Crippen LogP contribution is 2.39. The number of carbonyl (C=O) groups is 4. The monoisotopic (exact) mass is 492 g/mol. The van der Waals surface area contributed by atoms with Gasteiger partial charge in [-0.05, 0) is 42.5 Å². The lowest BCUT2D eigenvalue weighted by Crippen LogP contribution is -2.23. The van der Waals surface area contributed by atoms with E-state index in [4.69, 9.17) is 9.47 Å². The number of carbonyl (C=O) groups excluding carboxylic acids is 4. The molecule has 0 saturated carbocycles. The fraction of sp³-hybridized carbons (Fsp3) is 0.231. The highest BCUT2D eigenvalue weighted by molar-refractivity contribution is 7.17. The number of anilines is 2. The molecule has 180 valence electrons. The first-order valence-corrected chi connectivity index (χ1v) is 11.9. The average molecular weight is 493 g/mol. The maximum atomic E-state index is 12.7. The van der Waals surface area contributed by atoms with E-state index in [-0.39, 0.29) is 17.9 Å². The van der Waals surface area contributed by atoms with E-state index in [2.05, 4.69) is 10.6 Å². The van der Waals surface area contributed by atoms with Crippen molar-refractivity contribution in [3.05, 3.63) is 81.7 Å². The van der Waals surface area contributed by atoms with Gasteiger partial charge in [-0.2, -0.15) is 0 Å². The van der Waals surface area contributed by atoms with Gasteiger partial charge in [0.1, 0.15) is 5.00 Å². The van der Waals surface area contributed by atoms with Crippen LogP contribution in [0.4, 0.5) is 10.7 Å². The van der Waals surface area contributed by atoms with Crippen molar-refractivity contribution < 1.29 is 28.7 Å². The van der Waals surface area contributed by atoms with Crippen LogP contribution in [-0.4, -0.2) is 37.5 Å². The second kappa shape index (κ2) is 11.0. The molecule has 0 bridgehead atoms. The molecule has 0 radical (unpaired) electrons. The van der Waals surface area contributed by atoms with Crippen LogP contribution in [0, 0.1) is 0 Å². The molecular formula is C26H24N2O6S. The summed E-state index contributed by atoms with van der Waals surface area (Å²) in [4.78, 5) is 50.9. The van der Waals surface area contributed by atoms with E-state index in [0.29, 0.717) is 16.3 Å². The van der Waals surface area contributed by atoms with Crippen LogP contribution < -0.4 is 10.6 Å². The van der Waals surface area contributed by atoms with Crippen LogP contribution in [-0.2, 0) is 38.3 Å². The molecule has 4 rings (SSSR count). The lowest BCUT2D eigenvalue weighted by molar-refractivity contribution is -0.119. The van der Waals surface area contributed by atoms with Crippen molar-refractivity contribution in [3.8, 4) is 0 Å². The van der Waals surface area contributed by atoms with E-state index >= 15 is 0 Å². The fourth-order valence-corrected chi connectivity index (χ4v) is 5.22. The molecule has 0 unspecified atom stereocenters. The number of rotatable bonds is 8. The lowest BCUT2D eigenvalue weighted by Gasteiger charge is -2.11. The second-order valence-corrected chi connectivity index (χ2v) is 9.04. The Morgan fingerprint density at radius 1 is 0.886 bits per heavy atom. The molecule has 35 heavy (non-hydrogen) atoms. The third-order valence-corrected chi connectivity index (χ3v) is 6.73. The van der Waals surface area contributed by atoms with Gasteiger partial charge < -0.3 is 20.1 Å². The highest BCUT2D eigenvalue weighted by Gasteiger charge is 2.28. The zero-order valence-electron chi connectivity index (χ0n) is 19.1. The van der Waals surface area contributed by atoms with Gasteiger partial charge in [0.15, 0.2) is 6.61 Å². The van der Waals surface area contributed by atoms with Crippen molar-refractivity contribution in [2.45, 2.75) is 25.7 Å². The Labute approximate surface area is 206 Å². The molecule has 0 atom stereocenters. The zero-order chi connectivity index (χ0) is 24.8. The molecule has 2 aromatic carbocycles. The number of thiophene rings is 1. The predicted molar refractivity (Wildman–Crippen MR) is 132 cm³/mol. The third kappa shape index (κ3) is 5.75. The van der Waals surface area contributed by atoms with Gasteiger partial charge in [-0.3, -0.25) is 9.59 Å². The summed E-state index contributed by atoms with van der Waals surface area (Å²) >= 11 is 1.34. The van der Waals surface area contributed by atoms with Gasteiger partial charge in [-0.1, -0.05) is 42.5 Å². The molecule has 9 heteroatoms. The molecule has 0 fully saturated rings. The highest BCUT2D eigenvalue weighted by atomic mass is 32.1. The minimum Gasteiger partial charge on any atom is -0.465 e. The molecule has 1 aliphatic carbocycles. The Morgan fingerprint density at radius 2 is 1.63 bits per heavy atom. The van der Waals surface area contributed by atoms with E-state index in [9.17, 15) is 19.2 Å². The Balaban J connectivity index is 1.37. The summed E-state index contributed by atoms with van der Waals surface area (Å²) in [5, 5.41) is 5.79. The minimum atomic E-state index is -0.752. The van der Waals surface area contributed by atoms with Crippen LogP contribution >= 0.6 is 11.3 Å². The minimum absolute atomic E-state index is 0.132. The summed E-state index contributed by atoms with van der Waals surface area (Å²) in [6.45, 7) is -0.547. The van der Waals surface area contributed by atoms with Gasteiger partial charge in [0.05, 0.1) is 30.3 Å². The SMILES string of the molecule is COC(=O)c1c(NC(=O)COC(=O)c2ccccc2NC(=O)Cc2ccccc2)sc2c1CCC2. The van der Waals surface area contributed by atoms with Crippen molar-refractivity contribution in [1.82, 2.24) is 0 Å². The molecular weight excluding hydrogens is 468 g/mol. The van der Waals surface area contributed by atoms with Crippen molar-refractivity contribution >= 4 is 45.8 Å². The van der Waals surface area contributed by atoms with Crippen LogP contribution in [0.1, 0.15) is 43.1 Å². The molecule has 1 aromatic heterocycles. The number of aryl methyl sites for hydroxylation is 1. The van der Waals surface area contributed by atoms with E-state index < -0.39 is 24.5 Å². The number of esters is 2. The van der Waals surface area contributed by atoms with Crippen LogP contribution in [0.2, 0.25) is 0 Å². The van der Waals surface area contributed by atoms with E-state index in [0.717, 1.165) is 35.3 Å². The quantitative estimate of drug-likeness (QED) is 0.460. The van der Waals surface area contributed by atoms with Crippen LogP contribution in [0.3, 0.4) is 0 Å². The topological polar surface area (TPSA) is 111 Å². The molecule has 1 heterocycles. The third-order valence-electron chi connectivity index (χ3n) is 5.53. The number of hydrogen-bond donors (Lipinski definition) is 2. The first kappa shape index (κ1) is 24.2. The Morgan fingerprint density at radius 3 is 2.40 bits per heavy atom. The van der Waals surface area contributed by atoms with Gasteiger partial charge in [0.25, 0.3) is 5.91 Å². The Kier molecular flexibility index (Phi) is 7.57. The maximum absolute atomic E-state index is 12.7. The summed E-state index contributed by atoms with van der Waals surface area (Å²) in [5.41, 5.74) is 2.55. The van der Waals surface area contributed by atoms with Crippen LogP contribution in [0.15, 0.2) is 54.6 Å². The zero-order valence-corrected chi connectivity index (χ0v) is 19.9. The number of nitrogens with one attached hydrogen (secondary N) is 2. The molecule has 0 spiro atoms. The van der Waals surface area contributed by atoms with Crippen molar-refractivity contribution in [3.63, 3.8) is 0 Å². The summed E-state index contributed by atoms with van der Waals surface area (Å²) < 4.78 is 10.1. The lowest BCUT2D eigenvalue weighted by atomic mass is 10.1. The van der Waals surface area contributed by atoms with E-state index in [1.807, 2.05) is 30.3 Å². The van der Waals surface area contributed by atoms with Crippen LogP contribution in [0.25, 0.3) is 0 Å². The van der Waals surface area contributed by atoms with E-state index in [1.165, 1.54) is 24.5 Å². The molecule has 0 saturated heterocycles. The summed E-state index contributed by atoms with van der Waals surface area (Å²) in [6, 6.07) is 15.7. The van der Waals surface area contributed by atoms with Crippen molar-refractivity contribution in [1.29, 1.82) is 0 Å². The summed E-state index contributed by atoms with van der Waals surface area (Å²) in [5.74, 6) is -2.11. The number of ether oxygens (including phenoxy) is 2. The number of para-hydroxylation sites is 1. The molecule has 1 aliphatic rings. The number of fused-ring (bicyclic) bond motifs is 1. The van der Waals surface area contributed by atoms with E-state index in [1.54, 1.807) is 18.2 Å². The van der Waals surface area contributed by atoms with Crippen molar-refractivity contribution in [2.24, 2.45) is 0 Å². The van der Waals surface area contributed by atoms with Gasteiger partial charge in [0.2, 0.25) is 5.91 Å². The Hall–Kier alpha value is -3.98. The second-order valence-electron chi connectivity index (χ2n) is 7.93. The number of amides is 2. The first-order valence-electron chi connectivity index (χ1n) is 11.1. The number of methoxy groups -OCH3 is 1. The normalized spacial score (nSPS) is 11.9. The van der Waals surface area contributed by atoms with Crippen LogP contribution in [0.5, 0.6) is 0 Å². The number of benzene rings is 2. The first-order chi connectivity index (χ1) is 17.0. The van der Waals surface area contributed by atoms with Gasteiger partial charge in [0, 0.05) is 4.88 Å². The molecule has 0 aliphatic heterocycles. The number of hydrogen-bond acceptors (Lipinski definition) is 7. The summed E-state index contributed by atoms with van der Waals surface area (Å²) in [7, 11) is 1.30. The summed E-state index contributed by atoms with van der Waals surface area (Å²) in [6.07, 6.45) is 2.72. The Bertz CT molecular complexity index is 1270. The largest absolute Gasteiger partial charge is 0.465 e. The molecule has 8 nitrogen and oxygen atoms in total. The van der Waals surface area contributed by atoms with Gasteiger partial charge in [-0.25, -0.2) is 9.59 Å².